The Bertz CT molecular complexity index is 235. The van der Waals surface area contributed by atoms with Crippen LogP contribution < -0.4 is 0 Å². The van der Waals surface area contributed by atoms with E-state index in [1.54, 1.807) is 0 Å². The molecule has 0 spiro atoms. The Hall–Kier alpha value is -0.370. The van der Waals surface area contributed by atoms with Crippen molar-refractivity contribution in [3.63, 3.8) is 0 Å². The highest BCUT2D eigenvalue weighted by molar-refractivity contribution is 5.86. The fourth-order valence-corrected chi connectivity index (χ4v) is 3.06. The highest BCUT2D eigenvalue weighted by Crippen LogP contribution is 2.34. The molecule has 1 rings (SSSR count). The van der Waals surface area contributed by atoms with Crippen LogP contribution in [0.5, 0.6) is 0 Å². The van der Waals surface area contributed by atoms with Crippen molar-refractivity contribution in [1.82, 2.24) is 0 Å². The van der Waals surface area contributed by atoms with Gasteiger partial charge in [-0.25, -0.2) is 0 Å². The number of rotatable bonds is 6. The lowest BCUT2D eigenvalue weighted by molar-refractivity contribution is -0.140. The van der Waals surface area contributed by atoms with E-state index in [0.29, 0.717) is 24.2 Å². The maximum Gasteiger partial charge on any atom is 0.165 e. The Kier molecular flexibility index (Phi) is 6.18. The average molecular weight is 240 g/mol. The van der Waals surface area contributed by atoms with Crippen molar-refractivity contribution in [2.24, 2.45) is 17.8 Å². The van der Waals surface area contributed by atoms with Crippen LogP contribution >= 0.6 is 0 Å². The zero-order valence-electron chi connectivity index (χ0n) is 11.9. The molecule has 1 fully saturated rings. The van der Waals surface area contributed by atoms with E-state index < -0.39 is 0 Å². The molecule has 1 saturated carbocycles. The Labute approximate surface area is 106 Å². The van der Waals surface area contributed by atoms with E-state index in [1.165, 1.54) is 19.3 Å². The zero-order valence-corrected chi connectivity index (χ0v) is 11.9. The molecule has 0 aromatic carbocycles. The minimum absolute atomic E-state index is 0.183. The van der Waals surface area contributed by atoms with Crippen molar-refractivity contribution >= 4 is 5.78 Å². The van der Waals surface area contributed by atoms with Crippen LogP contribution in [0.1, 0.15) is 59.8 Å². The summed E-state index contributed by atoms with van der Waals surface area (Å²) < 4.78 is 5.66. The van der Waals surface area contributed by atoms with Gasteiger partial charge in [-0.1, -0.05) is 40.0 Å². The second-order valence-corrected chi connectivity index (χ2v) is 5.58. The van der Waals surface area contributed by atoms with Gasteiger partial charge in [-0.2, -0.15) is 0 Å². The van der Waals surface area contributed by atoms with Crippen molar-refractivity contribution in [3.8, 4) is 0 Å². The third kappa shape index (κ3) is 3.80. The summed E-state index contributed by atoms with van der Waals surface area (Å²) in [6.45, 7) is 8.99. The smallest absolute Gasteiger partial charge is 0.165 e. The molecule has 0 aliphatic heterocycles. The van der Waals surface area contributed by atoms with Crippen LogP contribution in [0, 0.1) is 17.8 Å². The lowest BCUT2D eigenvalue weighted by atomic mass is 9.73. The van der Waals surface area contributed by atoms with Gasteiger partial charge in [0.1, 0.15) is 6.10 Å². The second-order valence-electron chi connectivity index (χ2n) is 5.58. The number of hydrogen-bond donors (Lipinski definition) is 0. The molecule has 1 aliphatic rings. The SMILES string of the molecule is CCOC(C(=O)C1CCCCC1CC)C(C)C. The molecule has 0 heterocycles. The minimum Gasteiger partial charge on any atom is -0.370 e. The van der Waals surface area contributed by atoms with Crippen LogP contribution in [0.2, 0.25) is 0 Å². The molecule has 0 aromatic rings. The van der Waals surface area contributed by atoms with Gasteiger partial charge < -0.3 is 4.74 Å². The molecular weight excluding hydrogens is 212 g/mol. The summed E-state index contributed by atoms with van der Waals surface area (Å²) in [5, 5.41) is 0. The van der Waals surface area contributed by atoms with Gasteiger partial charge >= 0.3 is 0 Å². The van der Waals surface area contributed by atoms with Crippen molar-refractivity contribution in [1.29, 1.82) is 0 Å². The summed E-state index contributed by atoms with van der Waals surface area (Å²) >= 11 is 0. The van der Waals surface area contributed by atoms with E-state index in [-0.39, 0.29) is 12.0 Å². The van der Waals surface area contributed by atoms with Gasteiger partial charge in [0, 0.05) is 12.5 Å². The van der Waals surface area contributed by atoms with Crippen LogP contribution in [0.3, 0.4) is 0 Å². The molecule has 0 amide bonds. The van der Waals surface area contributed by atoms with Crippen molar-refractivity contribution in [2.75, 3.05) is 6.61 Å². The molecule has 0 radical (unpaired) electrons. The van der Waals surface area contributed by atoms with Gasteiger partial charge in [0.2, 0.25) is 0 Å². The van der Waals surface area contributed by atoms with Crippen molar-refractivity contribution in [3.05, 3.63) is 0 Å². The van der Waals surface area contributed by atoms with E-state index in [1.807, 2.05) is 6.92 Å². The van der Waals surface area contributed by atoms with Crippen LogP contribution in [0.4, 0.5) is 0 Å². The molecule has 2 nitrogen and oxygen atoms in total. The number of ketones is 1. The predicted molar refractivity (Wildman–Crippen MR) is 71.0 cm³/mol. The van der Waals surface area contributed by atoms with Crippen LogP contribution in [-0.4, -0.2) is 18.5 Å². The quantitative estimate of drug-likeness (QED) is 0.705. The maximum atomic E-state index is 12.6. The third-order valence-corrected chi connectivity index (χ3v) is 4.03. The van der Waals surface area contributed by atoms with Crippen molar-refractivity contribution < 1.29 is 9.53 Å². The second kappa shape index (κ2) is 7.15. The van der Waals surface area contributed by atoms with Crippen molar-refractivity contribution in [2.45, 2.75) is 65.9 Å². The number of carbonyl (C=O) groups excluding carboxylic acids is 1. The molecule has 0 saturated heterocycles. The Balaban J connectivity index is 2.70. The molecule has 0 aromatic heterocycles. The van der Waals surface area contributed by atoms with E-state index in [0.717, 1.165) is 12.8 Å². The topological polar surface area (TPSA) is 26.3 Å². The zero-order chi connectivity index (χ0) is 12.8. The summed E-state index contributed by atoms with van der Waals surface area (Å²) in [6, 6.07) is 0. The van der Waals surface area contributed by atoms with E-state index >= 15 is 0 Å². The number of ether oxygens (including phenoxy) is 1. The molecule has 17 heavy (non-hydrogen) atoms. The Morgan fingerprint density at radius 3 is 2.41 bits per heavy atom. The van der Waals surface area contributed by atoms with Crippen LogP contribution in [0.15, 0.2) is 0 Å². The molecule has 0 bridgehead atoms. The van der Waals surface area contributed by atoms with E-state index in [9.17, 15) is 4.79 Å². The summed E-state index contributed by atoms with van der Waals surface area (Å²) in [6.07, 6.45) is 5.76. The monoisotopic (exact) mass is 240 g/mol. The molecule has 3 unspecified atom stereocenters. The molecule has 0 N–H and O–H groups in total. The first-order valence-electron chi connectivity index (χ1n) is 7.27. The van der Waals surface area contributed by atoms with E-state index in [4.69, 9.17) is 4.74 Å². The van der Waals surface area contributed by atoms with Gasteiger partial charge in [0.15, 0.2) is 5.78 Å². The fraction of sp³-hybridized carbons (Fsp3) is 0.933. The maximum absolute atomic E-state index is 12.6. The first kappa shape index (κ1) is 14.7. The molecular formula is C15H28O2. The van der Waals surface area contributed by atoms with Gasteiger partial charge in [0.25, 0.3) is 0 Å². The highest BCUT2D eigenvalue weighted by atomic mass is 16.5. The molecule has 2 heteroatoms. The van der Waals surface area contributed by atoms with E-state index in [2.05, 4.69) is 20.8 Å². The van der Waals surface area contributed by atoms with Gasteiger partial charge in [-0.15, -0.1) is 0 Å². The first-order chi connectivity index (χ1) is 8.11. The average Bonchev–Trinajstić information content (AvgIpc) is 2.34. The molecule has 100 valence electrons. The summed E-state index contributed by atoms with van der Waals surface area (Å²) in [5.41, 5.74) is 0. The van der Waals surface area contributed by atoms with Gasteiger partial charge in [-0.3, -0.25) is 4.79 Å². The number of hydrogen-bond acceptors (Lipinski definition) is 2. The summed E-state index contributed by atoms with van der Waals surface area (Å²) in [4.78, 5) is 12.6. The fourth-order valence-electron chi connectivity index (χ4n) is 3.06. The number of Topliss-reactive ketones (excluding diaryl/α,β-unsaturated/α-hetero) is 1. The highest BCUT2D eigenvalue weighted by Gasteiger charge is 2.35. The normalized spacial score (nSPS) is 27.1. The molecule has 1 aliphatic carbocycles. The lowest BCUT2D eigenvalue weighted by Gasteiger charge is -2.33. The minimum atomic E-state index is -0.183. The Morgan fingerprint density at radius 2 is 1.88 bits per heavy atom. The third-order valence-electron chi connectivity index (χ3n) is 4.03. The molecule has 3 atom stereocenters. The largest absolute Gasteiger partial charge is 0.370 e. The summed E-state index contributed by atoms with van der Waals surface area (Å²) in [5.74, 6) is 1.51. The first-order valence-corrected chi connectivity index (χ1v) is 7.27. The van der Waals surface area contributed by atoms with Gasteiger partial charge in [0.05, 0.1) is 0 Å². The summed E-state index contributed by atoms with van der Waals surface area (Å²) in [7, 11) is 0. The van der Waals surface area contributed by atoms with Crippen LogP contribution in [0.25, 0.3) is 0 Å². The predicted octanol–water partition coefficient (Wildman–Crippen LogP) is 3.83. The Morgan fingerprint density at radius 1 is 1.24 bits per heavy atom. The number of carbonyl (C=O) groups is 1. The van der Waals surface area contributed by atoms with Crippen LogP contribution in [-0.2, 0) is 9.53 Å². The van der Waals surface area contributed by atoms with Gasteiger partial charge in [-0.05, 0) is 31.6 Å². The lowest BCUT2D eigenvalue weighted by Crippen LogP contribution is -2.39. The standard InChI is InChI=1S/C15H28O2/c1-5-12-9-7-8-10-13(12)14(16)15(11(3)4)17-6-2/h11-13,15H,5-10H2,1-4H3.